The molecule has 7 heteroatoms. The molecule has 9 atom stereocenters. The van der Waals surface area contributed by atoms with Gasteiger partial charge in [-0.3, -0.25) is 4.79 Å². The van der Waals surface area contributed by atoms with E-state index in [2.05, 4.69) is 6.92 Å². The fraction of sp³-hybridized carbons (Fsp3) is 0.926. The molecule has 5 nitrogen and oxygen atoms in total. The van der Waals surface area contributed by atoms with Crippen molar-refractivity contribution in [2.24, 2.45) is 58.7 Å². The Hall–Kier alpha value is -1.24. The second-order valence-electron chi connectivity index (χ2n) is 13.0. The minimum atomic E-state index is -3.52. The smallest absolute Gasteiger partial charge is 0.376 e. The van der Waals surface area contributed by atoms with Crippen molar-refractivity contribution in [3.8, 4) is 0 Å². The molecule has 190 valence electrons. The third-order valence-electron chi connectivity index (χ3n) is 10.9. The minimum Gasteiger partial charge on any atom is -0.457 e. The molecule has 8 aliphatic carbocycles. The van der Waals surface area contributed by atoms with Crippen molar-refractivity contribution < 1.29 is 32.6 Å². The Morgan fingerprint density at radius 3 is 2.29 bits per heavy atom. The fourth-order valence-corrected chi connectivity index (χ4v) is 9.79. The molecule has 0 amide bonds. The number of hydrogen-bond donors (Lipinski definition) is 0. The van der Waals surface area contributed by atoms with Crippen LogP contribution in [-0.4, -0.2) is 37.4 Å². The Labute approximate surface area is 200 Å². The molecule has 9 unspecified atom stereocenters. The summed E-state index contributed by atoms with van der Waals surface area (Å²) in [5.74, 6) is -2.02. The van der Waals surface area contributed by atoms with Crippen LogP contribution >= 0.6 is 0 Å². The summed E-state index contributed by atoms with van der Waals surface area (Å²) in [7, 11) is 0. The Morgan fingerprint density at radius 1 is 0.912 bits per heavy atom. The van der Waals surface area contributed by atoms with Gasteiger partial charge < -0.3 is 14.2 Å². The van der Waals surface area contributed by atoms with Crippen LogP contribution in [0.5, 0.6) is 0 Å². The lowest BCUT2D eigenvalue weighted by Crippen LogP contribution is -2.57. The van der Waals surface area contributed by atoms with Crippen LogP contribution in [0.25, 0.3) is 0 Å². The molecule has 0 N–H and O–H groups in total. The van der Waals surface area contributed by atoms with Gasteiger partial charge in [0.15, 0.2) is 6.79 Å². The zero-order valence-corrected chi connectivity index (χ0v) is 20.3. The number of carbonyl (C=O) groups excluding carboxylic acids is 2. The van der Waals surface area contributed by atoms with Gasteiger partial charge >= 0.3 is 17.9 Å². The predicted octanol–water partition coefficient (Wildman–Crippen LogP) is 5.22. The molecule has 0 heterocycles. The summed E-state index contributed by atoms with van der Waals surface area (Å²) >= 11 is 0. The number of alkyl halides is 2. The highest BCUT2D eigenvalue weighted by atomic mass is 19.3. The predicted molar refractivity (Wildman–Crippen MR) is 118 cm³/mol. The Bertz CT molecular complexity index is 825. The van der Waals surface area contributed by atoms with Crippen molar-refractivity contribution in [2.75, 3.05) is 13.4 Å². The summed E-state index contributed by atoms with van der Waals surface area (Å²) in [6.07, 6.45) is 9.33. The Kier molecular flexibility index (Phi) is 5.55. The first-order valence-electron chi connectivity index (χ1n) is 13.5. The second-order valence-corrected chi connectivity index (χ2v) is 13.0. The van der Waals surface area contributed by atoms with Gasteiger partial charge in [0, 0.05) is 12.8 Å². The van der Waals surface area contributed by atoms with Gasteiger partial charge in [0.2, 0.25) is 0 Å². The molecule has 34 heavy (non-hydrogen) atoms. The SMILES string of the molecule is CC1C2CC3CC(C2)CC1(COCOC(=O)C1C2CC4CC(C2)C(OC(=O)C(C)(F)F)C1C4)C3. The molecule has 0 spiro atoms. The van der Waals surface area contributed by atoms with Crippen LogP contribution in [0.1, 0.15) is 71.6 Å². The number of ether oxygens (including phenoxy) is 3. The average Bonchev–Trinajstić information content (AvgIpc) is 2.76. The lowest BCUT2D eigenvalue weighted by Gasteiger charge is -2.60. The Balaban J connectivity index is 1.06. The Morgan fingerprint density at radius 2 is 1.59 bits per heavy atom. The van der Waals surface area contributed by atoms with E-state index in [1.165, 1.54) is 32.1 Å². The summed E-state index contributed by atoms with van der Waals surface area (Å²) in [6, 6.07) is 0. The van der Waals surface area contributed by atoms with Gasteiger partial charge in [0.25, 0.3) is 0 Å². The van der Waals surface area contributed by atoms with Crippen LogP contribution in [0, 0.1) is 58.7 Å². The third kappa shape index (κ3) is 3.79. The number of esters is 2. The molecule has 0 aromatic rings. The van der Waals surface area contributed by atoms with Crippen LogP contribution < -0.4 is 0 Å². The molecular weight excluding hydrogens is 442 g/mol. The van der Waals surface area contributed by atoms with Crippen LogP contribution in [0.3, 0.4) is 0 Å². The van der Waals surface area contributed by atoms with E-state index in [4.69, 9.17) is 14.2 Å². The molecule has 0 saturated heterocycles. The summed E-state index contributed by atoms with van der Waals surface area (Å²) in [5, 5.41) is 0. The molecule has 8 fully saturated rings. The van der Waals surface area contributed by atoms with E-state index in [0.717, 1.165) is 43.4 Å². The molecule has 8 aliphatic rings. The van der Waals surface area contributed by atoms with Gasteiger partial charge in [-0.25, -0.2) is 4.79 Å². The van der Waals surface area contributed by atoms with Crippen molar-refractivity contribution >= 4 is 11.9 Å². The quantitative estimate of drug-likeness (QED) is 0.284. The van der Waals surface area contributed by atoms with Gasteiger partial charge in [0.05, 0.1) is 12.5 Å². The lowest BCUT2D eigenvalue weighted by molar-refractivity contribution is -0.211. The summed E-state index contributed by atoms with van der Waals surface area (Å²) in [6.45, 7) is 3.55. The van der Waals surface area contributed by atoms with E-state index in [1.807, 2.05) is 0 Å². The van der Waals surface area contributed by atoms with Crippen molar-refractivity contribution in [3.05, 3.63) is 0 Å². The van der Waals surface area contributed by atoms with Gasteiger partial charge in [-0.05, 0) is 105 Å². The van der Waals surface area contributed by atoms with Crippen LogP contribution in [-0.2, 0) is 23.8 Å². The highest BCUT2D eigenvalue weighted by Crippen LogP contribution is 2.63. The van der Waals surface area contributed by atoms with E-state index in [-0.39, 0.29) is 35.9 Å². The third-order valence-corrected chi connectivity index (χ3v) is 10.9. The largest absolute Gasteiger partial charge is 0.457 e. The van der Waals surface area contributed by atoms with E-state index in [0.29, 0.717) is 25.4 Å². The molecule has 0 aromatic heterocycles. The first-order chi connectivity index (χ1) is 16.1. The zero-order valence-electron chi connectivity index (χ0n) is 20.3. The molecule has 8 rings (SSSR count). The maximum absolute atomic E-state index is 13.5. The lowest BCUT2D eigenvalue weighted by atomic mass is 9.46. The summed E-state index contributed by atoms with van der Waals surface area (Å²) < 4.78 is 44.0. The summed E-state index contributed by atoms with van der Waals surface area (Å²) in [4.78, 5) is 25.1. The van der Waals surface area contributed by atoms with Crippen LogP contribution in [0.2, 0.25) is 0 Å². The van der Waals surface area contributed by atoms with Crippen molar-refractivity contribution in [3.63, 3.8) is 0 Å². The molecule has 0 aliphatic heterocycles. The first-order valence-corrected chi connectivity index (χ1v) is 13.5. The normalized spacial score (nSPS) is 48.2. The average molecular weight is 481 g/mol. The van der Waals surface area contributed by atoms with E-state index < -0.39 is 23.9 Å². The van der Waals surface area contributed by atoms with E-state index in [1.54, 1.807) is 0 Å². The molecule has 8 bridgehead atoms. The van der Waals surface area contributed by atoms with E-state index in [9.17, 15) is 18.4 Å². The number of rotatable bonds is 7. The monoisotopic (exact) mass is 480 g/mol. The van der Waals surface area contributed by atoms with Crippen molar-refractivity contribution in [2.45, 2.75) is 83.7 Å². The minimum absolute atomic E-state index is 0.0480. The topological polar surface area (TPSA) is 61.8 Å². The van der Waals surface area contributed by atoms with E-state index >= 15 is 0 Å². The van der Waals surface area contributed by atoms with Crippen molar-refractivity contribution in [1.82, 2.24) is 0 Å². The number of hydrogen-bond acceptors (Lipinski definition) is 5. The summed E-state index contributed by atoms with van der Waals surface area (Å²) in [5.41, 5.74) is 0.231. The number of halogens is 2. The molecule has 0 radical (unpaired) electrons. The second kappa shape index (κ2) is 8.14. The zero-order chi connectivity index (χ0) is 23.8. The molecule has 8 saturated carbocycles. The maximum atomic E-state index is 13.5. The standard InChI is InChI=1S/C27H38F2O5/c1-14-18-6-16-3-17(7-18)11-27(14,10-16)12-32-13-33-24(30)22-19-4-15-5-20(9-19)23(21(22)8-15)34-25(31)26(2,28)29/h14-23H,3-13H2,1-2H3. The highest BCUT2D eigenvalue weighted by molar-refractivity contribution is 5.77. The fourth-order valence-electron chi connectivity index (χ4n) is 9.79. The number of carbonyl (C=O) groups is 2. The molecule has 0 aromatic carbocycles. The molecular formula is C27H38F2O5. The van der Waals surface area contributed by atoms with Crippen LogP contribution in [0.4, 0.5) is 8.78 Å². The maximum Gasteiger partial charge on any atom is 0.376 e. The van der Waals surface area contributed by atoms with Crippen molar-refractivity contribution in [1.29, 1.82) is 0 Å². The van der Waals surface area contributed by atoms with Gasteiger partial charge in [-0.2, -0.15) is 8.78 Å². The highest BCUT2D eigenvalue weighted by Gasteiger charge is 2.59. The van der Waals surface area contributed by atoms with Gasteiger partial charge in [0.1, 0.15) is 6.10 Å². The van der Waals surface area contributed by atoms with Gasteiger partial charge in [-0.1, -0.05) is 6.92 Å². The van der Waals surface area contributed by atoms with Gasteiger partial charge in [-0.15, -0.1) is 0 Å². The van der Waals surface area contributed by atoms with Crippen LogP contribution in [0.15, 0.2) is 0 Å². The first kappa shape index (κ1) is 23.2.